The summed E-state index contributed by atoms with van der Waals surface area (Å²) in [4.78, 5) is 34.0. The first-order valence-electron chi connectivity index (χ1n) is 12.9. The third-order valence-corrected chi connectivity index (χ3v) is 7.14. The first-order valence-corrected chi connectivity index (χ1v) is 12.9. The van der Waals surface area contributed by atoms with Crippen LogP contribution < -0.4 is 21.5 Å². The average Bonchev–Trinajstić information content (AvgIpc) is 3.41. The molecular formula is C30H26F4N6O2. The van der Waals surface area contributed by atoms with Crippen molar-refractivity contribution in [2.45, 2.75) is 31.3 Å². The maximum Gasteiger partial charge on any atom is 0.257 e. The lowest BCUT2D eigenvalue weighted by atomic mass is 9.88. The Hall–Kier alpha value is -4.84. The van der Waals surface area contributed by atoms with Crippen LogP contribution in [0.15, 0.2) is 72.9 Å². The molecule has 42 heavy (non-hydrogen) atoms. The quantitative estimate of drug-likeness (QED) is 0.219. The Kier molecular flexibility index (Phi) is 7.65. The molecule has 1 aliphatic rings. The second-order valence-corrected chi connectivity index (χ2v) is 10.3. The highest BCUT2D eigenvalue weighted by Gasteiger charge is 2.40. The number of carbonyl (C=O) groups is 2. The van der Waals surface area contributed by atoms with Gasteiger partial charge in [0.25, 0.3) is 5.91 Å². The van der Waals surface area contributed by atoms with Gasteiger partial charge in [0.2, 0.25) is 5.91 Å². The number of hydrogen-bond acceptors (Lipinski definition) is 6. The molecule has 5 rings (SSSR count). The van der Waals surface area contributed by atoms with E-state index in [2.05, 4.69) is 20.7 Å². The lowest BCUT2D eigenvalue weighted by Crippen LogP contribution is -2.53. The number of halogens is 4. The molecule has 3 aromatic carbocycles. The van der Waals surface area contributed by atoms with E-state index in [0.29, 0.717) is 12.1 Å². The Morgan fingerprint density at radius 3 is 2.31 bits per heavy atom. The Balaban J connectivity index is 1.69. The van der Waals surface area contributed by atoms with Crippen molar-refractivity contribution >= 4 is 17.6 Å². The number of primary amides is 1. The fourth-order valence-electron chi connectivity index (χ4n) is 4.79. The zero-order valence-corrected chi connectivity index (χ0v) is 22.5. The maximum atomic E-state index is 14.8. The number of rotatable bonds is 7. The predicted molar refractivity (Wildman–Crippen MR) is 147 cm³/mol. The molecule has 0 saturated carbocycles. The molecule has 1 aromatic heterocycles. The molecule has 2 heterocycles. The predicted octanol–water partition coefficient (Wildman–Crippen LogP) is 4.54. The van der Waals surface area contributed by atoms with Crippen LogP contribution >= 0.6 is 0 Å². The summed E-state index contributed by atoms with van der Waals surface area (Å²) in [6.45, 7) is 3.19. The summed E-state index contributed by atoms with van der Waals surface area (Å²) in [5.41, 5.74) is 8.26. The maximum absolute atomic E-state index is 14.8. The van der Waals surface area contributed by atoms with E-state index < -0.39 is 52.2 Å². The van der Waals surface area contributed by atoms with Crippen LogP contribution in [-0.2, 0) is 4.79 Å². The first-order chi connectivity index (χ1) is 20.0. The summed E-state index contributed by atoms with van der Waals surface area (Å²) in [6.07, 6.45) is 1.10. The lowest BCUT2D eigenvalue weighted by Gasteiger charge is -2.31. The third-order valence-electron chi connectivity index (χ3n) is 7.14. The summed E-state index contributed by atoms with van der Waals surface area (Å²) in [6, 6.07) is 16.4. The second-order valence-electron chi connectivity index (χ2n) is 10.3. The topological polar surface area (TPSA) is 113 Å². The zero-order valence-electron chi connectivity index (χ0n) is 22.5. The van der Waals surface area contributed by atoms with Gasteiger partial charge in [-0.05, 0) is 49.2 Å². The molecule has 12 heteroatoms. The molecule has 1 aliphatic heterocycles. The van der Waals surface area contributed by atoms with Gasteiger partial charge in [0.05, 0.1) is 11.6 Å². The van der Waals surface area contributed by atoms with Crippen molar-refractivity contribution < 1.29 is 27.2 Å². The molecule has 0 spiro atoms. The fraction of sp³-hybridized carbons (Fsp3) is 0.200. The monoisotopic (exact) mass is 578 g/mol. The highest BCUT2D eigenvalue weighted by atomic mass is 19.2. The molecule has 2 unspecified atom stereocenters. The van der Waals surface area contributed by atoms with Gasteiger partial charge in [-0.2, -0.15) is 0 Å². The molecule has 0 radical (unpaired) electrons. The number of nitrogens with zero attached hydrogens (tertiary/aromatic N) is 3. The smallest absolute Gasteiger partial charge is 0.257 e. The number of amides is 2. The number of aromatic nitrogens is 2. The van der Waals surface area contributed by atoms with E-state index in [1.165, 1.54) is 26.0 Å². The third kappa shape index (κ3) is 5.40. The molecule has 4 aromatic rings. The number of carbonyl (C=O) groups excluding carboxylic acids is 2. The standard InChI is InChI=1S/C30H26F4N6O2/c1-30(2,29(35)42)39-28(41)21-14-36-26(19-12-13-22(32)24(34)23(19)33)38-27(21)40-25(17-8-10-18(31)11-9-17)20(15-37-40)16-6-4-3-5-7-16/h3-14,20,25,37H,15H2,1-2H3,(H2,35,42)(H,39,41). The van der Waals surface area contributed by atoms with Crippen LogP contribution in [0.25, 0.3) is 11.4 Å². The van der Waals surface area contributed by atoms with Crippen LogP contribution in [0.2, 0.25) is 0 Å². The Morgan fingerprint density at radius 2 is 1.64 bits per heavy atom. The minimum Gasteiger partial charge on any atom is -0.368 e. The van der Waals surface area contributed by atoms with Crippen molar-refractivity contribution in [2.24, 2.45) is 5.73 Å². The van der Waals surface area contributed by atoms with Crippen LogP contribution in [0.4, 0.5) is 23.4 Å². The van der Waals surface area contributed by atoms with E-state index >= 15 is 0 Å². The molecule has 216 valence electrons. The van der Waals surface area contributed by atoms with E-state index in [-0.39, 0.29) is 23.1 Å². The SMILES string of the molecule is CC(C)(NC(=O)c1cnc(-c2ccc(F)c(F)c2F)nc1N1NCC(c2ccccc2)C1c1ccc(F)cc1)C(N)=O. The zero-order chi connectivity index (χ0) is 30.2. The number of nitrogens with one attached hydrogen (secondary N) is 2. The molecule has 2 atom stereocenters. The summed E-state index contributed by atoms with van der Waals surface area (Å²) in [7, 11) is 0. The molecule has 8 nitrogen and oxygen atoms in total. The van der Waals surface area contributed by atoms with Crippen LogP contribution in [0.1, 0.15) is 47.3 Å². The Bertz CT molecular complexity index is 1650. The molecule has 4 N–H and O–H groups in total. The van der Waals surface area contributed by atoms with Gasteiger partial charge in [-0.3, -0.25) is 14.6 Å². The molecule has 1 fully saturated rings. The average molecular weight is 579 g/mol. The van der Waals surface area contributed by atoms with Crippen molar-refractivity contribution in [1.29, 1.82) is 0 Å². The van der Waals surface area contributed by atoms with Crippen molar-refractivity contribution in [3.05, 3.63) is 113 Å². The molecule has 1 saturated heterocycles. The molecule has 0 aliphatic carbocycles. The first kappa shape index (κ1) is 28.7. The van der Waals surface area contributed by atoms with Crippen LogP contribution in [0.5, 0.6) is 0 Å². The Labute approximate surface area is 238 Å². The van der Waals surface area contributed by atoms with E-state index in [9.17, 15) is 27.2 Å². The molecule has 0 bridgehead atoms. The highest BCUT2D eigenvalue weighted by Crippen LogP contribution is 2.42. The van der Waals surface area contributed by atoms with Gasteiger partial charge in [0.15, 0.2) is 29.1 Å². The number of anilines is 1. The lowest BCUT2D eigenvalue weighted by molar-refractivity contribution is -0.122. The minimum atomic E-state index is -1.70. The van der Waals surface area contributed by atoms with Gasteiger partial charge < -0.3 is 11.1 Å². The van der Waals surface area contributed by atoms with Crippen LogP contribution in [-0.4, -0.2) is 33.9 Å². The number of nitrogens with two attached hydrogens (primary N) is 1. The van der Waals surface area contributed by atoms with Gasteiger partial charge in [-0.15, -0.1) is 0 Å². The molecule has 2 amide bonds. The van der Waals surface area contributed by atoms with E-state index in [1.807, 2.05) is 30.3 Å². The van der Waals surface area contributed by atoms with Crippen molar-refractivity contribution in [3.63, 3.8) is 0 Å². The van der Waals surface area contributed by atoms with Crippen LogP contribution in [0.3, 0.4) is 0 Å². The summed E-state index contributed by atoms with van der Waals surface area (Å²) < 4.78 is 56.5. The van der Waals surface area contributed by atoms with Gasteiger partial charge in [-0.1, -0.05) is 42.5 Å². The van der Waals surface area contributed by atoms with E-state index in [4.69, 9.17) is 5.73 Å². The second kappa shape index (κ2) is 11.2. The molecular weight excluding hydrogens is 552 g/mol. The number of benzene rings is 3. The van der Waals surface area contributed by atoms with Crippen molar-refractivity contribution in [3.8, 4) is 11.4 Å². The largest absolute Gasteiger partial charge is 0.368 e. The van der Waals surface area contributed by atoms with Crippen molar-refractivity contribution in [2.75, 3.05) is 11.6 Å². The summed E-state index contributed by atoms with van der Waals surface area (Å²) in [5, 5.41) is 4.12. The van der Waals surface area contributed by atoms with Crippen molar-refractivity contribution in [1.82, 2.24) is 20.7 Å². The number of hydrogen-bond donors (Lipinski definition) is 3. The number of hydrazine groups is 1. The minimum absolute atomic E-state index is 0.0466. The Morgan fingerprint density at radius 1 is 0.952 bits per heavy atom. The van der Waals surface area contributed by atoms with E-state index in [1.54, 1.807) is 17.1 Å². The van der Waals surface area contributed by atoms with Gasteiger partial charge in [-0.25, -0.2) is 33.0 Å². The van der Waals surface area contributed by atoms with Gasteiger partial charge in [0.1, 0.15) is 16.9 Å². The van der Waals surface area contributed by atoms with E-state index in [0.717, 1.165) is 23.9 Å². The highest BCUT2D eigenvalue weighted by molar-refractivity contribution is 6.02. The van der Waals surface area contributed by atoms with Gasteiger partial charge >= 0.3 is 0 Å². The fourth-order valence-corrected chi connectivity index (χ4v) is 4.79. The normalized spacial score (nSPS) is 16.9. The summed E-state index contributed by atoms with van der Waals surface area (Å²) >= 11 is 0. The summed E-state index contributed by atoms with van der Waals surface area (Å²) in [5.74, 6) is -7.20. The van der Waals surface area contributed by atoms with Gasteiger partial charge in [0, 0.05) is 18.7 Å². The van der Waals surface area contributed by atoms with Crippen LogP contribution in [0, 0.1) is 23.3 Å².